The van der Waals surface area contributed by atoms with Gasteiger partial charge >= 0.3 is 0 Å². The maximum absolute atomic E-state index is 9.35. The van der Waals surface area contributed by atoms with Crippen LogP contribution in [0.1, 0.15) is 32.8 Å². The Morgan fingerprint density at radius 3 is 1.92 bits per heavy atom. The molecule has 13 heavy (non-hydrogen) atoms. The second-order valence-corrected chi connectivity index (χ2v) is 2.54. The Kier molecular flexibility index (Phi) is 5.35. The lowest BCUT2D eigenvalue weighted by molar-refractivity contribution is -0.171. The summed E-state index contributed by atoms with van der Waals surface area (Å²) in [5, 5.41) is 18.7. The Hall–Kier alpha value is -0.860. The Morgan fingerprint density at radius 2 is 1.54 bits per heavy atom. The molecule has 2 nitrogen and oxygen atoms in total. The summed E-state index contributed by atoms with van der Waals surface area (Å²) in [6.45, 7) is 5.73. The lowest BCUT2D eigenvalue weighted by atomic mass is 10.0. The first kappa shape index (κ1) is 12.1. The van der Waals surface area contributed by atoms with Crippen LogP contribution in [0.15, 0.2) is 30.3 Å². The molecule has 0 aliphatic rings. The number of rotatable bonds is 2. The van der Waals surface area contributed by atoms with Gasteiger partial charge in [0.25, 0.3) is 0 Å². The van der Waals surface area contributed by atoms with E-state index in [1.54, 1.807) is 31.2 Å². The van der Waals surface area contributed by atoms with E-state index in [4.69, 9.17) is 0 Å². The molecule has 0 fully saturated rings. The summed E-state index contributed by atoms with van der Waals surface area (Å²) in [4.78, 5) is 0. The highest BCUT2D eigenvalue weighted by Crippen LogP contribution is 2.20. The minimum absolute atomic E-state index is 0.303. The van der Waals surface area contributed by atoms with Crippen molar-refractivity contribution in [3.05, 3.63) is 35.9 Å². The van der Waals surface area contributed by atoms with E-state index in [0.717, 1.165) is 0 Å². The topological polar surface area (TPSA) is 40.5 Å². The molecule has 2 heteroatoms. The molecule has 0 saturated heterocycles. The van der Waals surface area contributed by atoms with Gasteiger partial charge in [-0.15, -0.1) is 0 Å². The smallest absolute Gasteiger partial charge is 0.189 e. The summed E-state index contributed by atoms with van der Waals surface area (Å²) < 4.78 is 0. The highest BCUT2D eigenvalue weighted by molar-refractivity contribution is 5.19. The highest BCUT2D eigenvalue weighted by atomic mass is 16.5. The summed E-state index contributed by atoms with van der Waals surface area (Å²) in [7, 11) is 0. The van der Waals surface area contributed by atoms with Gasteiger partial charge in [-0.25, -0.2) is 0 Å². The first-order chi connectivity index (χ1) is 6.17. The molecule has 1 aromatic rings. The Balaban J connectivity index is 0.000000671. The molecule has 0 bridgehead atoms. The maximum Gasteiger partial charge on any atom is 0.189 e. The predicted molar refractivity (Wildman–Crippen MR) is 54.2 cm³/mol. The van der Waals surface area contributed by atoms with Crippen molar-refractivity contribution in [2.24, 2.45) is 0 Å². The van der Waals surface area contributed by atoms with Gasteiger partial charge in [0.1, 0.15) is 0 Å². The van der Waals surface area contributed by atoms with Gasteiger partial charge in [0.05, 0.1) is 0 Å². The van der Waals surface area contributed by atoms with Crippen LogP contribution in [-0.2, 0) is 5.79 Å². The van der Waals surface area contributed by atoms with E-state index in [2.05, 4.69) is 0 Å². The minimum Gasteiger partial charge on any atom is -0.362 e. The molecule has 0 radical (unpaired) electrons. The molecule has 2 N–H and O–H groups in total. The highest BCUT2D eigenvalue weighted by Gasteiger charge is 2.21. The van der Waals surface area contributed by atoms with Crippen molar-refractivity contribution >= 4 is 0 Å². The first-order valence-corrected chi connectivity index (χ1v) is 4.67. The molecule has 1 aromatic carbocycles. The number of hydrogen-bond acceptors (Lipinski definition) is 2. The van der Waals surface area contributed by atoms with E-state index in [1.807, 2.05) is 19.9 Å². The van der Waals surface area contributed by atoms with Gasteiger partial charge in [0.2, 0.25) is 0 Å². The average molecular weight is 182 g/mol. The third-order valence-electron chi connectivity index (χ3n) is 1.73. The number of aliphatic hydroxyl groups is 2. The molecular weight excluding hydrogens is 164 g/mol. The number of benzene rings is 1. The minimum atomic E-state index is -1.67. The van der Waals surface area contributed by atoms with Crippen molar-refractivity contribution in [3.8, 4) is 0 Å². The lowest BCUT2D eigenvalue weighted by Gasteiger charge is -2.19. The van der Waals surface area contributed by atoms with Crippen LogP contribution in [0.4, 0.5) is 0 Å². The normalized spacial score (nSPS) is 10.2. The fourth-order valence-corrected chi connectivity index (χ4v) is 0.909. The van der Waals surface area contributed by atoms with Crippen molar-refractivity contribution in [2.75, 3.05) is 0 Å². The molecule has 0 aliphatic heterocycles. The molecule has 1 rings (SSSR count). The van der Waals surface area contributed by atoms with Crippen molar-refractivity contribution in [2.45, 2.75) is 33.0 Å². The SMILES string of the molecule is CC.CCC(O)(O)c1ccccc1. The van der Waals surface area contributed by atoms with Crippen LogP contribution < -0.4 is 0 Å². The van der Waals surface area contributed by atoms with Crippen molar-refractivity contribution < 1.29 is 10.2 Å². The summed E-state index contributed by atoms with van der Waals surface area (Å²) in [5.41, 5.74) is 0.544. The zero-order chi connectivity index (χ0) is 10.3. The quantitative estimate of drug-likeness (QED) is 0.689. The fraction of sp³-hybridized carbons (Fsp3) is 0.455. The molecule has 0 spiro atoms. The molecule has 0 atom stereocenters. The fourth-order valence-electron chi connectivity index (χ4n) is 0.909. The second-order valence-electron chi connectivity index (χ2n) is 2.54. The summed E-state index contributed by atoms with van der Waals surface area (Å²) in [6.07, 6.45) is 0.303. The molecular formula is C11H18O2. The van der Waals surface area contributed by atoms with E-state index >= 15 is 0 Å². The molecule has 74 valence electrons. The zero-order valence-electron chi connectivity index (χ0n) is 8.49. The predicted octanol–water partition coefficient (Wildman–Crippen LogP) is 2.26. The Labute approximate surface area is 79.9 Å². The zero-order valence-corrected chi connectivity index (χ0v) is 8.49. The molecule has 0 aromatic heterocycles. The molecule has 0 heterocycles. The first-order valence-electron chi connectivity index (χ1n) is 4.67. The summed E-state index contributed by atoms with van der Waals surface area (Å²) in [6, 6.07) is 8.81. The van der Waals surface area contributed by atoms with Crippen molar-refractivity contribution in [3.63, 3.8) is 0 Å². The van der Waals surface area contributed by atoms with Gasteiger partial charge in [0, 0.05) is 12.0 Å². The maximum atomic E-state index is 9.35. The van der Waals surface area contributed by atoms with Crippen LogP contribution >= 0.6 is 0 Å². The van der Waals surface area contributed by atoms with Gasteiger partial charge in [-0.3, -0.25) is 0 Å². The largest absolute Gasteiger partial charge is 0.362 e. The van der Waals surface area contributed by atoms with Crippen LogP contribution in [0.3, 0.4) is 0 Å². The Morgan fingerprint density at radius 1 is 1.08 bits per heavy atom. The van der Waals surface area contributed by atoms with Gasteiger partial charge in [-0.05, 0) is 0 Å². The van der Waals surface area contributed by atoms with Crippen LogP contribution in [0.5, 0.6) is 0 Å². The van der Waals surface area contributed by atoms with Crippen molar-refractivity contribution in [1.29, 1.82) is 0 Å². The standard InChI is InChI=1S/C9H12O2.C2H6/c1-2-9(10,11)8-6-4-3-5-7-8;1-2/h3-7,10-11H,2H2,1H3;1-2H3. The third kappa shape index (κ3) is 3.57. The summed E-state index contributed by atoms with van der Waals surface area (Å²) in [5.74, 6) is -1.67. The van der Waals surface area contributed by atoms with E-state index < -0.39 is 5.79 Å². The van der Waals surface area contributed by atoms with Crippen LogP contribution in [0, 0.1) is 0 Å². The van der Waals surface area contributed by atoms with Crippen LogP contribution in [0.2, 0.25) is 0 Å². The monoisotopic (exact) mass is 182 g/mol. The summed E-state index contributed by atoms with van der Waals surface area (Å²) >= 11 is 0. The van der Waals surface area contributed by atoms with E-state index in [-0.39, 0.29) is 0 Å². The van der Waals surface area contributed by atoms with E-state index in [0.29, 0.717) is 12.0 Å². The Bertz CT molecular complexity index is 217. The van der Waals surface area contributed by atoms with Crippen molar-refractivity contribution in [1.82, 2.24) is 0 Å². The molecule has 0 aliphatic carbocycles. The number of hydrogen-bond donors (Lipinski definition) is 2. The van der Waals surface area contributed by atoms with Gasteiger partial charge < -0.3 is 10.2 Å². The second kappa shape index (κ2) is 5.73. The average Bonchev–Trinajstić information content (AvgIpc) is 2.22. The van der Waals surface area contributed by atoms with Crippen LogP contribution in [0.25, 0.3) is 0 Å². The van der Waals surface area contributed by atoms with Gasteiger partial charge in [-0.1, -0.05) is 51.1 Å². The molecule has 0 unspecified atom stereocenters. The van der Waals surface area contributed by atoms with Gasteiger partial charge in [-0.2, -0.15) is 0 Å². The van der Waals surface area contributed by atoms with Crippen LogP contribution in [-0.4, -0.2) is 10.2 Å². The van der Waals surface area contributed by atoms with E-state index in [9.17, 15) is 10.2 Å². The third-order valence-corrected chi connectivity index (χ3v) is 1.73. The lowest BCUT2D eigenvalue weighted by Crippen LogP contribution is -2.23. The molecule has 0 saturated carbocycles. The van der Waals surface area contributed by atoms with E-state index in [1.165, 1.54) is 0 Å². The van der Waals surface area contributed by atoms with Gasteiger partial charge in [0.15, 0.2) is 5.79 Å². The molecule has 0 amide bonds.